The van der Waals surface area contributed by atoms with Crippen LogP contribution in [0.5, 0.6) is 0 Å². The number of rotatable bonds is 4. The molecule has 0 unspecified atom stereocenters. The molecule has 0 aromatic carbocycles. The fraction of sp³-hybridized carbons (Fsp3) is 0.556. The van der Waals surface area contributed by atoms with E-state index in [4.69, 9.17) is 0 Å². The Morgan fingerprint density at radius 1 is 1.27 bits per heavy atom. The minimum Gasteiger partial charge on any atom is -0.267 e. The molecule has 0 aromatic heterocycles. The van der Waals surface area contributed by atoms with Gasteiger partial charge in [-0.15, -0.1) is 0 Å². The highest BCUT2D eigenvalue weighted by Gasteiger charge is 1.97. The number of hydrogen-bond donors (Lipinski definition) is 0. The molecule has 2 nitrogen and oxygen atoms in total. The normalized spacial score (nSPS) is 13.4. The summed E-state index contributed by atoms with van der Waals surface area (Å²) in [7, 11) is 0. The Morgan fingerprint density at radius 2 is 1.82 bits per heavy atom. The molecule has 0 atom stereocenters. The van der Waals surface area contributed by atoms with Crippen molar-refractivity contribution in [1.29, 1.82) is 0 Å². The lowest BCUT2D eigenvalue weighted by Gasteiger charge is -2.01. The smallest absolute Gasteiger partial charge is 0.0610 e. The van der Waals surface area contributed by atoms with Gasteiger partial charge in [0.05, 0.1) is 11.4 Å². The second-order valence-electron chi connectivity index (χ2n) is 2.15. The summed E-state index contributed by atoms with van der Waals surface area (Å²) >= 11 is 0. The van der Waals surface area contributed by atoms with Gasteiger partial charge in [0, 0.05) is 6.21 Å². The molecule has 11 heavy (non-hydrogen) atoms. The third-order valence-corrected chi connectivity index (χ3v) is 1.48. The number of hydrogen-bond acceptors (Lipinski definition) is 2. The summed E-state index contributed by atoms with van der Waals surface area (Å²) in [5.41, 5.74) is 2.05. The van der Waals surface area contributed by atoms with Gasteiger partial charge >= 0.3 is 0 Å². The summed E-state index contributed by atoms with van der Waals surface area (Å²) in [6.07, 6.45) is 3.62. The highest BCUT2D eigenvalue weighted by molar-refractivity contribution is 5.55. The average molecular weight is 152 g/mol. The maximum Gasteiger partial charge on any atom is 0.0610 e. The first-order chi connectivity index (χ1) is 5.29. The first-order valence-electron chi connectivity index (χ1n) is 3.97. The maximum absolute atomic E-state index is 4.21. The van der Waals surface area contributed by atoms with Gasteiger partial charge in [0.1, 0.15) is 0 Å². The van der Waals surface area contributed by atoms with E-state index in [2.05, 4.69) is 30.5 Å². The van der Waals surface area contributed by atoms with Crippen molar-refractivity contribution in [2.45, 2.75) is 33.6 Å². The van der Waals surface area contributed by atoms with Crippen LogP contribution in [0.4, 0.5) is 0 Å². The van der Waals surface area contributed by atoms with Gasteiger partial charge in [-0.3, -0.25) is 9.98 Å². The Bertz CT molecular complexity index is 178. The van der Waals surface area contributed by atoms with E-state index in [1.165, 1.54) is 0 Å². The van der Waals surface area contributed by atoms with Gasteiger partial charge in [0.15, 0.2) is 0 Å². The molecule has 0 N–H and O–H groups in total. The molecule has 62 valence electrons. The number of nitrogens with zero attached hydrogens (tertiary/aromatic N) is 2. The molecule has 0 radical (unpaired) electrons. The monoisotopic (exact) mass is 152 g/mol. The molecule has 0 aliphatic rings. The van der Waals surface area contributed by atoms with Crippen molar-refractivity contribution in [2.24, 2.45) is 9.98 Å². The zero-order valence-corrected chi connectivity index (χ0v) is 7.59. The molecule has 0 aromatic rings. The molecule has 0 aliphatic heterocycles. The van der Waals surface area contributed by atoms with Gasteiger partial charge in [-0.05, 0) is 26.5 Å². The molecule has 0 bridgehead atoms. The van der Waals surface area contributed by atoms with Crippen molar-refractivity contribution in [3.8, 4) is 0 Å². The Balaban J connectivity index is 4.61. The summed E-state index contributed by atoms with van der Waals surface area (Å²) < 4.78 is 0. The zero-order chi connectivity index (χ0) is 8.69. The van der Waals surface area contributed by atoms with E-state index >= 15 is 0 Å². The van der Waals surface area contributed by atoms with E-state index in [1.807, 2.05) is 6.92 Å². The minimum atomic E-state index is 0.907. The third-order valence-electron chi connectivity index (χ3n) is 1.48. The molecule has 2 heteroatoms. The first-order valence-corrected chi connectivity index (χ1v) is 3.97. The van der Waals surface area contributed by atoms with Crippen molar-refractivity contribution in [3.05, 3.63) is 11.4 Å². The van der Waals surface area contributed by atoms with Crippen LogP contribution in [0.3, 0.4) is 0 Å². The molecule has 0 rings (SSSR count). The van der Waals surface area contributed by atoms with Crippen molar-refractivity contribution < 1.29 is 0 Å². The molecule has 0 fully saturated rings. The molecule has 0 aliphatic carbocycles. The molecule has 0 amide bonds. The van der Waals surface area contributed by atoms with E-state index in [0.717, 1.165) is 24.2 Å². The maximum atomic E-state index is 4.21. The number of allylic oxidation sites excluding steroid dienone is 2. The van der Waals surface area contributed by atoms with Gasteiger partial charge < -0.3 is 0 Å². The standard InChI is InChI=1S/C9H16N2/c1-5-8(10-4)9(6-2)11-7-3/h7H,4-6H2,1-3H3/b9-8-,11-7-. The van der Waals surface area contributed by atoms with Crippen LogP contribution in [0.25, 0.3) is 0 Å². The van der Waals surface area contributed by atoms with Gasteiger partial charge in [-0.2, -0.15) is 0 Å². The van der Waals surface area contributed by atoms with E-state index < -0.39 is 0 Å². The van der Waals surface area contributed by atoms with Crippen LogP contribution in [0.15, 0.2) is 21.4 Å². The van der Waals surface area contributed by atoms with E-state index in [0.29, 0.717) is 0 Å². The molecule has 0 spiro atoms. The van der Waals surface area contributed by atoms with Gasteiger partial charge in [-0.25, -0.2) is 0 Å². The van der Waals surface area contributed by atoms with Crippen molar-refractivity contribution in [3.63, 3.8) is 0 Å². The van der Waals surface area contributed by atoms with E-state index in [9.17, 15) is 0 Å². The van der Waals surface area contributed by atoms with Crippen molar-refractivity contribution >= 4 is 12.9 Å². The molecule has 0 saturated heterocycles. The Labute approximate surface area is 68.8 Å². The Morgan fingerprint density at radius 3 is 2.09 bits per heavy atom. The van der Waals surface area contributed by atoms with Crippen molar-refractivity contribution in [1.82, 2.24) is 0 Å². The van der Waals surface area contributed by atoms with Crippen LogP contribution >= 0.6 is 0 Å². The van der Waals surface area contributed by atoms with E-state index in [-0.39, 0.29) is 0 Å². The molecule has 0 saturated carbocycles. The van der Waals surface area contributed by atoms with Crippen LogP contribution in [-0.2, 0) is 0 Å². The second-order valence-corrected chi connectivity index (χ2v) is 2.15. The van der Waals surface area contributed by atoms with Gasteiger partial charge in [-0.1, -0.05) is 13.8 Å². The highest BCUT2D eigenvalue weighted by Crippen LogP contribution is 2.13. The lowest BCUT2D eigenvalue weighted by Crippen LogP contribution is -1.84. The van der Waals surface area contributed by atoms with Crippen LogP contribution in [-0.4, -0.2) is 12.9 Å². The summed E-state index contributed by atoms with van der Waals surface area (Å²) in [6.45, 7) is 9.54. The SMILES string of the molecule is C=N/C(CC)=C(CC)\N=C/C. The van der Waals surface area contributed by atoms with E-state index in [1.54, 1.807) is 6.21 Å². The van der Waals surface area contributed by atoms with Crippen LogP contribution < -0.4 is 0 Å². The average Bonchev–Trinajstić information content (AvgIpc) is 2.05. The first kappa shape index (κ1) is 10.1. The predicted molar refractivity (Wildman–Crippen MR) is 51.3 cm³/mol. The summed E-state index contributed by atoms with van der Waals surface area (Å²) in [5.74, 6) is 0. The van der Waals surface area contributed by atoms with Crippen LogP contribution in [0.1, 0.15) is 33.6 Å². The Kier molecular flexibility index (Phi) is 5.35. The zero-order valence-electron chi connectivity index (χ0n) is 7.59. The topological polar surface area (TPSA) is 24.7 Å². The predicted octanol–water partition coefficient (Wildman–Crippen LogP) is 2.81. The lowest BCUT2D eigenvalue weighted by molar-refractivity contribution is 0.954. The fourth-order valence-corrected chi connectivity index (χ4v) is 0.933. The fourth-order valence-electron chi connectivity index (χ4n) is 0.933. The van der Waals surface area contributed by atoms with Crippen LogP contribution in [0.2, 0.25) is 0 Å². The summed E-state index contributed by atoms with van der Waals surface area (Å²) in [5, 5.41) is 0. The largest absolute Gasteiger partial charge is 0.267 e. The van der Waals surface area contributed by atoms with Crippen molar-refractivity contribution in [2.75, 3.05) is 0 Å². The highest BCUT2D eigenvalue weighted by atomic mass is 14.8. The van der Waals surface area contributed by atoms with Gasteiger partial charge in [0.2, 0.25) is 0 Å². The summed E-state index contributed by atoms with van der Waals surface area (Å²) in [4.78, 5) is 8.12. The molecular weight excluding hydrogens is 136 g/mol. The molecule has 0 heterocycles. The minimum absolute atomic E-state index is 0.907. The van der Waals surface area contributed by atoms with Gasteiger partial charge in [0.25, 0.3) is 0 Å². The number of aliphatic imine (C=N–C) groups is 2. The quantitative estimate of drug-likeness (QED) is 0.553. The second kappa shape index (κ2) is 5.83. The van der Waals surface area contributed by atoms with Crippen LogP contribution in [0, 0.1) is 0 Å². The summed E-state index contributed by atoms with van der Waals surface area (Å²) in [6, 6.07) is 0. The third kappa shape index (κ3) is 3.12. The Hall–Kier alpha value is -0.920. The lowest BCUT2D eigenvalue weighted by atomic mass is 10.2. The molecular formula is C9H16N2.